The van der Waals surface area contributed by atoms with Crippen LogP contribution in [0.15, 0.2) is 23.6 Å². The summed E-state index contributed by atoms with van der Waals surface area (Å²) in [4.78, 5) is 2.52. The summed E-state index contributed by atoms with van der Waals surface area (Å²) >= 11 is 1.74. The van der Waals surface area contributed by atoms with Gasteiger partial charge in [-0.2, -0.15) is 0 Å². The molecule has 2 atom stereocenters. The molecule has 2 rings (SSSR count). The summed E-state index contributed by atoms with van der Waals surface area (Å²) in [5, 5.41) is 4.61. The van der Waals surface area contributed by atoms with Crippen molar-refractivity contribution in [2.45, 2.75) is 25.9 Å². The highest BCUT2D eigenvalue weighted by Crippen LogP contribution is 2.23. The van der Waals surface area contributed by atoms with Gasteiger partial charge in [-0.15, -0.1) is 11.3 Å². The lowest BCUT2D eigenvalue weighted by atomic mass is 10.2. The second-order valence-electron chi connectivity index (χ2n) is 4.10. The fourth-order valence-electron chi connectivity index (χ4n) is 1.77. The Labute approximate surface area is 100 Å². The first-order chi connectivity index (χ1) is 7.46. The van der Waals surface area contributed by atoms with Gasteiger partial charge in [-0.25, -0.2) is 8.42 Å². The molecule has 1 aliphatic rings. The van der Waals surface area contributed by atoms with E-state index in [0.29, 0.717) is 0 Å². The molecule has 88 valence electrons. The Morgan fingerprint density at radius 2 is 2.25 bits per heavy atom. The first kappa shape index (κ1) is 11.8. The molecule has 0 fully saturated rings. The van der Waals surface area contributed by atoms with E-state index in [1.807, 2.05) is 0 Å². The zero-order chi connectivity index (χ0) is 11.8. The Kier molecular flexibility index (Phi) is 3.19. The van der Waals surface area contributed by atoms with E-state index in [1.54, 1.807) is 17.4 Å². The van der Waals surface area contributed by atoms with Gasteiger partial charge in [0, 0.05) is 27.2 Å². The summed E-state index contributed by atoms with van der Waals surface area (Å²) in [6.45, 7) is 4.13. The van der Waals surface area contributed by atoms with E-state index in [4.69, 9.17) is 0 Å². The number of aryl methyl sites for hydroxylation is 1. The van der Waals surface area contributed by atoms with Gasteiger partial charge >= 0.3 is 0 Å². The maximum Gasteiger partial charge on any atom is 0.173 e. The van der Waals surface area contributed by atoms with Crippen LogP contribution < -0.4 is 5.32 Å². The molecule has 3 nitrogen and oxygen atoms in total. The van der Waals surface area contributed by atoms with Crippen LogP contribution >= 0.6 is 11.3 Å². The van der Waals surface area contributed by atoms with Crippen molar-refractivity contribution in [1.82, 2.24) is 5.32 Å². The first-order valence-electron chi connectivity index (χ1n) is 5.19. The van der Waals surface area contributed by atoms with E-state index in [9.17, 15) is 8.42 Å². The molecule has 0 bridgehead atoms. The molecule has 0 saturated heterocycles. The second kappa shape index (κ2) is 4.31. The highest BCUT2D eigenvalue weighted by molar-refractivity contribution is 7.94. The van der Waals surface area contributed by atoms with Crippen LogP contribution in [0.1, 0.15) is 22.7 Å². The molecule has 1 aromatic rings. The van der Waals surface area contributed by atoms with Crippen molar-refractivity contribution in [2.24, 2.45) is 0 Å². The van der Waals surface area contributed by atoms with Crippen LogP contribution in [0.5, 0.6) is 0 Å². The minimum atomic E-state index is -2.96. The van der Waals surface area contributed by atoms with Gasteiger partial charge in [-0.3, -0.25) is 0 Å². The van der Waals surface area contributed by atoms with Gasteiger partial charge in [-0.1, -0.05) is 6.08 Å². The maximum absolute atomic E-state index is 11.2. The largest absolute Gasteiger partial charge is 0.302 e. The Morgan fingerprint density at radius 3 is 2.75 bits per heavy atom. The molecule has 0 radical (unpaired) electrons. The summed E-state index contributed by atoms with van der Waals surface area (Å²) in [6, 6.07) is 4.31. The lowest BCUT2D eigenvalue weighted by molar-refractivity contribution is 0.541. The van der Waals surface area contributed by atoms with E-state index in [2.05, 4.69) is 31.3 Å². The molecule has 5 heteroatoms. The molecule has 0 aromatic carbocycles. The normalized spacial score (nSPS) is 24.8. The minimum Gasteiger partial charge on any atom is -0.302 e. The summed E-state index contributed by atoms with van der Waals surface area (Å²) in [6.07, 6.45) is 1.73. The summed E-state index contributed by atoms with van der Waals surface area (Å²) in [7, 11) is -2.96. The van der Waals surface area contributed by atoms with E-state index in [1.165, 1.54) is 15.2 Å². The predicted molar refractivity (Wildman–Crippen MR) is 67.3 cm³/mol. The summed E-state index contributed by atoms with van der Waals surface area (Å²) in [5.41, 5.74) is 0. The van der Waals surface area contributed by atoms with E-state index < -0.39 is 9.84 Å². The molecule has 1 aromatic heterocycles. The molecular weight excluding hydrogens is 242 g/mol. The molecule has 1 N–H and O–H groups in total. The van der Waals surface area contributed by atoms with Crippen molar-refractivity contribution in [1.29, 1.82) is 0 Å². The van der Waals surface area contributed by atoms with Crippen LogP contribution in [0.3, 0.4) is 0 Å². The molecule has 2 unspecified atom stereocenters. The van der Waals surface area contributed by atoms with Gasteiger partial charge < -0.3 is 5.32 Å². The van der Waals surface area contributed by atoms with E-state index >= 15 is 0 Å². The third-order valence-electron chi connectivity index (χ3n) is 2.58. The van der Waals surface area contributed by atoms with Crippen molar-refractivity contribution in [3.63, 3.8) is 0 Å². The highest BCUT2D eigenvalue weighted by atomic mass is 32.2. The smallest absolute Gasteiger partial charge is 0.173 e. The number of hydrogen-bond donors (Lipinski definition) is 1. The summed E-state index contributed by atoms with van der Waals surface area (Å²) in [5.74, 6) is 0.182. The summed E-state index contributed by atoms with van der Waals surface area (Å²) < 4.78 is 22.5. The molecule has 0 spiro atoms. The van der Waals surface area contributed by atoms with Crippen LogP contribution in [0, 0.1) is 6.92 Å². The van der Waals surface area contributed by atoms with Crippen LogP contribution in [-0.2, 0) is 9.84 Å². The lowest BCUT2D eigenvalue weighted by Crippen LogP contribution is -2.31. The van der Waals surface area contributed by atoms with Crippen LogP contribution in [0.25, 0.3) is 0 Å². The molecule has 0 amide bonds. The van der Waals surface area contributed by atoms with Gasteiger partial charge in [0.25, 0.3) is 0 Å². The van der Waals surface area contributed by atoms with Crippen LogP contribution in [-0.4, -0.2) is 20.2 Å². The standard InChI is InChI=1S/C11H15NO2S2/c1-8-3-4-11(15-8)9(2)12-10-5-6-16(13,14)7-10/h3-6,9-10,12H,7H2,1-2H3. The molecule has 0 aliphatic carbocycles. The number of hydrogen-bond acceptors (Lipinski definition) is 4. The zero-order valence-electron chi connectivity index (χ0n) is 9.30. The molecular formula is C11H15NO2S2. The number of thiophene rings is 1. The second-order valence-corrected chi connectivity index (χ2v) is 7.35. The van der Waals surface area contributed by atoms with Crippen molar-refractivity contribution in [2.75, 3.05) is 5.75 Å². The Morgan fingerprint density at radius 1 is 1.50 bits per heavy atom. The SMILES string of the molecule is Cc1ccc(C(C)NC2C=CS(=O)(=O)C2)s1. The molecule has 2 heterocycles. The van der Waals surface area contributed by atoms with Crippen molar-refractivity contribution in [3.8, 4) is 0 Å². The number of sulfone groups is 1. The van der Waals surface area contributed by atoms with E-state index in [0.717, 1.165) is 0 Å². The van der Waals surface area contributed by atoms with Crippen LogP contribution in [0.4, 0.5) is 0 Å². The van der Waals surface area contributed by atoms with Gasteiger partial charge in [-0.05, 0) is 26.0 Å². The fraction of sp³-hybridized carbons (Fsp3) is 0.455. The third kappa shape index (κ3) is 2.72. The molecule has 0 saturated carbocycles. The van der Waals surface area contributed by atoms with Gasteiger partial charge in [0.1, 0.15) is 0 Å². The van der Waals surface area contributed by atoms with Crippen LogP contribution in [0.2, 0.25) is 0 Å². The Balaban J connectivity index is 1.99. The van der Waals surface area contributed by atoms with Gasteiger partial charge in [0.15, 0.2) is 9.84 Å². The average molecular weight is 257 g/mol. The van der Waals surface area contributed by atoms with Gasteiger partial charge in [0.05, 0.1) is 5.75 Å². The predicted octanol–water partition coefficient (Wildman–Crippen LogP) is 2.02. The number of nitrogens with one attached hydrogen (secondary N) is 1. The van der Waals surface area contributed by atoms with Crippen molar-refractivity contribution in [3.05, 3.63) is 33.4 Å². The Hall–Kier alpha value is -0.650. The molecule has 1 aliphatic heterocycles. The fourth-order valence-corrected chi connectivity index (χ4v) is 3.91. The first-order valence-corrected chi connectivity index (χ1v) is 7.73. The third-order valence-corrected chi connectivity index (χ3v) is 5.16. The van der Waals surface area contributed by atoms with Crippen molar-refractivity contribution < 1.29 is 8.42 Å². The monoisotopic (exact) mass is 257 g/mol. The molecule has 16 heavy (non-hydrogen) atoms. The highest BCUT2D eigenvalue weighted by Gasteiger charge is 2.23. The average Bonchev–Trinajstić information content (AvgIpc) is 2.73. The van der Waals surface area contributed by atoms with Crippen molar-refractivity contribution >= 4 is 21.2 Å². The lowest BCUT2D eigenvalue weighted by Gasteiger charge is -2.16. The minimum absolute atomic E-state index is 0.0533. The van der Waals surface area contributed by atoms with E-state index in [-0.39, 0.29) is 17.8 Å². The van der Waals surface area contributed by atoms with Gasteiger partial charge in [0.2, 0.25) is 0 Å². The quantitative estimate of drug-likeness (QED) is 0.901. The maximum atomic E-state index is 11.2. The zero-order valence-corrected chi connectivity index (χ0v) is 10.9. The Bertz CT molecular complexity index is 502. The number of rotatable bonds is 3. The topological polar surface area (TPSA) is 46.2 Å².